The first-order valence-corrected chi connectivity index (χ1v) is 17.4. The van der Waals surface area contributed by atoms with Crippen LogP contribution >= 0.6 is 0 Å². The van der Waals surface area contributed by atoms with E-state index >= 15 is 0 Å². The number of hydrogen-bond donors (Lipinski definition) is 0. The number of carbonyl (C=O) groups is 1. The van der Waals surface area contributed by atoms with Crippen molar-refractivity contribution in [3.05, 3.63) is 22.8 Å². The van der Waals surface area contributed by atoms with Crippen LogP contribution in [0.2, 0.25) is 0 Å². The molecule has 0 radical (unpaired) electrons. The zero-order valence-electron chi connectivity index (χ0n) is 28.0. The van der Waals surface area contributed by atoms with Crippen molar-refractivity contribution in [2.24, 2.45) is 39.4 Å². The molecule has 4 rings (SSSR count). The number of unbranched alkanes of at least 4 members (excludes halogenated alkanes) is 4. The van der Waals surface area contributed by atoms with Crippen LogP contribution in [0.4, 0.5) is 0 Å². The Balaban J connectivity index is 1.49. The number of hydrogen-bond acceptors (Lipinski definition) is 2. The summed E-state index contributed by atoms with van der Waals surface area (Å²) in [5.74, 6) is 2.29. The average Bonchev–Trinajstić information content (AvgIpc) is 3.16. The standard InChI is InChI=1S/C38H64O2/c1-10-11-12-13-14-18-34(39)40-33-23-24-36(7)30-22-26-37(8)29(28(4)17-15-16-27(2)3)21-25-38(37,9)31(30)19-20-32(36)35(33,5)6/h16,28-29,32-33H,10-15,17-26H2,1-9H3/t28-,29-,32?,33?,36-,37+,38+/m1/s1. The summed E-state index contributed by atoms with van der Waals surface area (Å²) in [4.78, 5) is 12.9. The van der Waals surface area contributed by atoms with Gasteiger partial charge in [-0.25, -0.2) is 0 Å². The van der Waals surface area contributed by atoms with Crippen LogP contribution in [0.1, 0.15) is 165 Å². The molecule has 0 saturated heterocycles. The zero-order valence-corrected chi connectivity index (χ0v) is 28.0. The molecule has 0 aliphatic heterocycles. The SMILES string of the molecule is CCCCCCCC(=O)OC1CC[C@]2(C)C3=C(CCC2C1(C)C)[C@]1(C)CC[C@H]([C@H](C)CCC=C(C)C)[C@]1(C)CC3. The quantitative estimate of drug-likeness (QED) is 0.145. The smallest absolute Gasteiger partial charge is 0.306 e. The van der Waals surface area contributed by atoms with E-state index in [1.807, 2.05) is 11.1 Å². The van der Waals surface area contributed by atoms with E-state index in [9.17, 15) is 4.79 Å². The summed E-state index contributed by atoms with van der Waals surface area (Å²) in [6, 6.07) is 0. The second kappa shape index (κ2) is 12.3. The molecule has 2 unspecified atom stereocenters. The van der Waals surface area contributed by atoms with Gasteiger partial charge < -0.3 is 4.74 Å². The van der Waals surface area contributed by atoms with Gasteiger partial charge in [0.15, 0.2) is 0 Å². The van der Waals surface area contributed by atoms with E-state index in [2.05, 4.69) is 68.4 Å². The van der Waals surface area contributed by atoms with Gasteiger partial charge in [-0.1, -0.05) is 96.9 Å². The summed E-state index contributed by atoms with van der Waals surface area (Å²) in [5.41, 5.74) is 6.25. The Morgan fingerprint density at radius 1 is 0.925 bits per heavy atom. The van der Waals surface area contributed by atoms with Crippen LogP contribution in [-0.4, -0.2) is 12.1 Å². The predicted molar refractivity (Wildman–Crippen MR) is 170 cm³/mol. The Morgan fingerprint density at radius 2 is 1.65 bits per heavy atom. The molecule has 0 heterocycles. The summed E-state index contributed by atoms with van der Waals surface area (Å²) < 4.78 is 6.28. The van der Waals surface area contributed by atoms with Crippen molar-refractivity contribution in [3.8, 4) is 0 Å². The molecule has 40 heavy (non-hydrogen) atoms. The molecule has 4 aliphatic carbocycles. The van der Waals surface area contributed by atoms with Crippen LogP contribution in [0.3, 0.4) is 0 Å². The molecule has 2 saturated carbocycles. The fourth-order valence-corrected chi connectivity index (χ4v) is 10.8. The summed E-state index contributed by atoms with van der Waals surface area (Å²) in [7, 11) is 0. The van der Waals surface area contributed by atoms with Crippen LogP contribution in [0.5, 0.6) is 0 Å². The van der Waals surface area contributed by atoms with Gasteiger partial charge in [-0.3, -0.25) is 4.79 Å². The molecule has 0 N–H and O–H groups in total. The molecule has 0 bridgehead atoms. The van der Waals surface area contributed by atoms with Gasteiger partial charge >= 0.3 is 5.97 Å². The molecule has 228 valence electrons. The summed E-state index contributed by atoms with van der Waals surface area (Å²) in [5, 5.41) is 0. The second-order valence-corrected chi connectivity index (χ2v) is 16.2. The van der Waals surface area contributed by atoms with Crippen molar-refractivity contribution in [3.63, 3.8) is 0 Å². The van der Waals surface area contributed by atoms with Crippen molar-refractivity contribution in [1.82, 2.24) is 0 Å². The van der Waals surface area contributed by atoms with Crippen molar-refractivity contribution >= 4 is 5.97 Å². The van der Waals surface area contributed by atoms with Gasteiger partial charge in [0.2, 0.25) is 0 Å². The molecular formula is C38H64O2. The van der Waals surface area contributed by atoms with Crippen LogP contribution in [0.15, 0.2) is 22.8 Å². The first-order valence-electron chi connectivity index (χ1n) is 17.4. The first kappa shape index (κ1) is 31.9. The zero-order chi connectivity index (χ0) is 29.3. The fourth-order valence-electron chi connectivity index (χ4n) is 10.8. The molecule has 0 spiro atoms. The van der Waals surface area contributed by atoms with Crippen molar-refractivity contribution in [2.45, 2.75) is 171 Å². The first-order chi connectivity index (χ1) is 18.8. The third kappa shape index (κ3) is 5.65. The lowest BCUT2D eigenvalue weighted by Crippen LogP contribution is -2.55. The van der Waals surface area contributed by atoms with E-state index in [1.54, 1.807) is 0 Å². The summed E-state index contributed by atoms with van der Waals surface area (Å²) in [6.07, 6.45) is 21.7. The highest BCUT2D eigenvalue weighted by atomic mass is 16.5. The molecular weight excluding hydrogens is 488 g/mol. The molecule has 0 amide bonds. The van der Waals surface area contributed by atoms with Crippen LogP contribution in [-0.2, 0) is 9.53 Å². The number of carbonyl (C=O) groups excluding carboxylic acids is 1. The van der Waals surface area contributed by atoms with E-state index in [1.165, 1.54) is 82.6 Å². The van der Waals surface area contributed by atoms with Gasteiger partial charge in [0.25, 0.3) is 0 Å². The maximum absolute atomic E-state index is 12.9. The van der Waals surface area contributed by atoms with Gasteiger partial charge in [0.05, 0.1) is 0 Å². The van der Waals surface area contributed by atoms with E-state index in [0.717, 1.165) is 31.1 Å². The Bertz CT molecular complexity index is 966. The maximum Gasteiger partial charge on any atom is 0.306 e. The number of fused-ring (bicyclic) bond motifs is 4. The monoisotopic (exact) mass is 552 g/mol. The highest BCUT2D eigenvalue weighted by Crippen LogP contribution is 2.72. The lowest BCUT2D eigenvalue weighted by molar-refractivity contribution is -0.170. The van der Waals surface area contributed by atoms with Gasteiger partial charge in [-0.05, 0) is 118 Å². The average molecular weight is 553 g/mol. The molecule has 0 aromatic rings. The van der Waals surface area contributed by atoms with E-state index in [-0.39, 0.29) is 22.9 Å². The lowest BCUT2D eigenvalue weighted by Gasteiger charge is -2.62. The fraction of sp³-hybridized carbons (Fsp3) is 0.868. The predicted octanol–water partition coefficient (Wildman–Crippen LogP) is 11.4. The summed E-state index contributed by atoms with van der Waals surface area (Å²) >= 11 is 0. The molecule has 7 atom stereocenters. The third-order valence-corrected chi connectivity index (χ3v) is 13.4. The topological polar surface area (TPSA) is 26.3 Å². The Kier molecular flexibility index (Phi) is 9.79. The minimum atomic E-state index is 0.0305. The van der Waals surface area contributed by atoms with Crippen LogP contribution < -0.4 is 0 Å². The van der Waals surface area contributed by atoms with Gasteiger partial charge in [-0.2, -0.15) is 0 Å². The van der Waals surface area contributed by atoms with Gasteiger partial charge in [0, 0.05) is 11.8 Å². The number of ether oxygens (including phenoxy) is 1. The third-order valence-electron chi connectivity index (χ3n) is 13.4. The molecule has 2 nitrogen and oxygen atoms in total. The Labute approximate surface area is 248 Å². The maximum atomic E-state index is 12.9. The van der Waals surface area contributed by atoms with E-state index in [4.69, 9.17) is 4.74 Å². The minimum absolute atomic E-state index is 0.0305. The van der Waals surface area contributed by atoms with Crippen molar-refractivity contribution < 1.29 is 9.53 Å². The van der Waals surface area contributed by atoms with Crippen molar-refractivity contribution in [1.29, 1.82) is 0 Å². The number of allylic oxidation sites excluding steroid dienone is 4. The Hall–Kier alpha value is -1.05. The molecule has 2 fully saturated rings. The Morgan fingerprint density at radius 3 is 2.35 bits per heavy atom. The van der Waals surface area contributed by atoms with E-state index < -0.39 is 0 Å². The van der Waals surface area contributed by atoms with Gasteiger partial charge in [0.1, 0.15) is 6.10 Å². The second-order valence-electron chi connectivity index (χ2n) is 16.2. The highest BCUT2D eigenvalue weighted by molar-refractivity contribution is 5.69. The molecule has 0 aromatic heterocycles. The molecule has 0 aromatic carbocycles. The summed E-state index contributed by atoms with van der Waals surface area (Å²) in [6.45, 7) is 22.1. The minimum Gasteiger partial charge on any atom is -0.462 e. The van der Waals surface area contributed by atoms with Gasteiger partial charge in [-0.15, -0.1) is 0 Å². The lowest BCUT2D eigenvalue weighted by atomic mass is 9.43. The van der Waals surface area contributed by atoms with E-state index in [0.29, 0.717) is 23.2 Å². The van der Waals surface area contributed by atoms with Crippen molar-refractivity contribution in [2.75, 3.05) is 0 Å². The highest BCUT2D eigenvalue weighted by Gasteiger charge is 2.63. The van der Waals surface area contributed by atoms with Crippen LogP contribution in [0, 0.1) is 39.4 Å². The van der Waals surface area contributed by atoms with Crippen LogP contribution in [0.25, 0.3) is 0 Å². The largest absolute Gasteiger partial charge is 0.462 e. The number of esters is 1. The molecule has 4 aliphatic rings. The normalized spacial score (nSPS) is 37.3. The molecule has 2 heteroatoms. The number of rotatable bonds is 11.